The summed E-state index contributed by atoms with van der Waals surface area (Å²) in [5, 5.41) is 0. The van der Waals surface area contributed by atoms with Gasteiger partial charge >= 0.3 is 0 Å². The molecule has 1 heteroatoms. The van der Waals surface area contributed by atoms with Crippen molar-refractivity contribution in [3.05, 3.63) is 0 Å². The van der Waals surface area contributed by atoms with E-state index < -0.39 is 0 Å². The van der Waals surface area contributed by atoms with Crippen molar-refractivity contribution in [2.24, 2.45) is 23.7 Å². The van der Waals surface area contributed by atoms with Crippen LogP contribution in [0.1, 0.15) is 51.4 Å². The van der Waals surface area contributed by atoms with E-state index in [0.717, 1.165) is 36.5 Å². The van der Waals surface area contributed by atoms with Crippen molar-refractivity contribution in [1.29, 1.82) is 0 Å². The fourth-order valence-electron chi connectivity index (χ4n) is 4.40. The first-order valence-corrected chi connectivity index (χ1v) is 6.36. The van der Waals surface area contributed by atoms with Crippen LogP contribution in [0.15, 0.2) is 0 Å². The number of rotatable bonds is 0. The smallest absolute Gasteiger partial charge is 0.133 e. The Morgan fingerprint density at radius 1 is 0.857 bits per heavy atom. The van der Waals surface area contributed by atoms with Gasteiger partial charge in [0.15, 0.2) is 0 Å². The summed E-state index contributed by atoms with van der Waals surface area (Å²) in [7, 11) is 0. The molecule has 1 nitrogen and oxygen atoms in total. The Hall–Kier alpha value is -0.330. The summed E-state index contributed by atoms with van der Waals surface area (Å²) in [5.74, 6) is 4.33. The van der Waals surface area contributed by atoms with Crippen LogP contribution in [0.4, 0.5) is 0 Å². The van der Waals surface area contributed by atoms with Crippen molar-refractivity contribution in [3.8, 4) is 0 Å². The lowest BCUT2D eigenvalue weighted by molar-refractivity contribution is -0.124. The molecule has 3 aliphatic rings. The summed E-state index contributed by atoms with van der Waals surface area (Å²) in [6, 6.07) is 0. The first-order valence-electron chi connectivity index (χ1n) is 6.36. The van der Waals surface area contributed by atoms with Crippen LogP contribution in [0.3, 0.4) is 0 Å². The second-order valence-corrected chi connectivity index (χ2v) is 5.64. The SMILES string of the molecule is O=C1CC[C@@H]2C(CCC3CCC[C@@H]32)C1. The maximum absolute atomic E-state index is 11.4. The average molecular weight is 192 g/mol. The molecule has 0 heterocycles. The topological polar surface area (TPSA) is 17.1 Å². The normalized spacial score (nSPS) is 47.3. The molecule has 0 aromatic rings. The highest BCUT2D eigenvalue weighted by molar-refractivity contribution is 5.79. The summed E-state index contributed by atoms with van der Waals surface area (Å²) in [5.41, 5.74) is 0. The molecule has 0 radical (unpaired) electrons. The molecule has 0 aliphatic heterocycles. The Labute approximate surface area is 86.3 Å². The predicted octanol–water partition coefficient (Wildman–Crippen LogP) is 3.18. The molecule has 3 fully saturated rings. The van der Waals surface area contributed by atoms with E-state index in [4.69, 9.17) is 0 Å². The molecule has 0 spiro atoms. The van der Waals surface area contributed by atoms with Gasteiger partial charge < -0.3 is 0 Å². The fourth-order valence-corrected chi connectivity index (χ4v) is 4.40. The third-order valence-electron chi connectivity index (χ3n) is 5.03. The van der Waals surface area contributed by atoms with Crippen molar-refractivity contribution in [1.82, 2.24) is 0 Å². The molecule has 0 bridgehead atoms. The zero-order valence-electron chi connectivity index (χ0n) is 8.87. The van der Waals surface area contributed by atoms with Gasteiger partial charge in [0, 0.05) is 12.8 Å². The number of fused-ring (bicyclic) bond motifs is 3. The first-order chi connectivity index (χ1) is 6.84. The maximum Gasteiger partial charge on any atom is 0.133 e. The quantitative estimate of drug-likeness (QED) is 0.576. The lowest BCUT2D eigenvalue weighted by atomic mass is 9.62. The van der Waals surface area contributed by atoms with E-state index in [0.29, 0.717) is 5.78 Å². The van der Waals surface area contributed by atoms with E-state index in [1.807, 2.05) is 0 Å². The summed E-state index contributed by atoms with van der Waals surface area (Å²) in [6.07, 6.45) is 10.3. The van der Waals surface area contributed by atoms with E-state index in [1.165, 1.54) is 38.5 Å². The van der Waals surface area contributed by atoms with Crippen LogP contribution in [0.2, 0.25) is 0 Å². The van der Waals surface area contributed by atoms with Crippen LogP contribution in [0, 0.1) is 23.7 Å². The number of ketones is 1. The van der Waals surface area contributed by atoms with E-state index >= 15 is 0 Å². The van der Waals surface area contributed by atoms with Crippen molar-refractivity contribution < 1.29 is 4.79 Å². The van der Waals surface area contributed by atoms with E-state index in [2.05, 4.69) is 0 Å². The lowest BCUT2D eigenvalue weighted by Crippen LogP contribution is -2.36. The Morgan fingerprint density at radius 3 is 2.57 bits per heavy atom. The second-order valence-electron chi connectivity index (χ2n) is 5.64. The zero-order chi connectivity index (χ0) is 9.54. The molecule has 4 atom stereocenters. The van der Waals surface area contributed by atoms with E-state index in [1.54, 1.807) is 0 Å². The van der Waals surface area contributed by atoms with E-state index in [-0.39, 0.29) is 0 Å². The number of carbonyl (C=O) groups is 1. The molecular formula is C13H20O. The molecular weight excluding hydrogens is 172 g/mol. The monoisotopic (exact) mass is 192 g/mol. The van der Waals surface area contributed by atoms with Crippen LogP contribution in [0.5, 0.6) is 0 Å². The summed E-state index contributed by atoms with van der Waals surface area (Å²) >= 11 is 0. The Morgan fingerprint density at radius 2 is 1.64 bits per heavy atom. The highest BCUT2D eigenvalue weighted by Crippen LogP contribution is 2.51. The Balaban J connectivity index is 1.77. The number of hydrogen-bond acceptors (Lipinski definition) is 1. The molecule has 2 unspecified atom stereocenters. The first kappa shape index (κ1) is 8.94. The van der Waals surface area contributed by atoms with Gasteiger partial charge in [0.05, 0.1) is 0 Å². The minimum atomic E-state index is 0.544. The molecule has 0 aromatic heterocycles. The molecule has 3 rings (SSSR count). The van der Waals surface area contributed by atoms with Crippen LogP contribution >= 0.6 is 0 Å². The van der Waals surface area contributed by atoms with Crippen LogP contribution in [-0.4, -0.2) is 5.78 Å². The van der Waals surface area contributed by atoms with Gasteiger partial charge in [-0.25, -0.2) is 0 Å². The highest BCUT2D eigenvalue weighted by Gasteiger charge is 2.43. The number of hydrogen-bond donors (Lipinski definition) is 0. The molecule has 0 saturated heterocycles. The highest BCUT2D eigenvalue weighted by atomic mass is 16.1. The van der Waals surface area contributed by atoms with Gasteiger partial charge in [-0.3, -0.25) is 4.79 Å². The fraction of sp³-hybridized carbons (Fsp3) is 0.923. The van der Waals surface area contributed by atoms with Gasteiger partial charge in [-0.1, -0.05) is 12.8 Å². The summed E-state index contributed by atoms with van der Waals surface area (Å²) in [4.78, 5) is 11.4. The van der Waals surface area contributed by atoms with Gasteiger partial charge in [0.2, 0.25) is 0 Å². The van der Waals surface area contributed by atoms with E-state index in [9.17, 15) is 4.79 Å². The third kappa shape index (κ3) is 1.32. The molecule has 0 N–H and O–H groups in total. The molecule has 14 heavy (non-hydrogen) atoms. The minimum Gasteiger partial charge on any atom is -0.300 e. The number of carbonyl (C=O) groups excluding carboxylic acids is 1. The predicted molar refractivity (Wildman–Crippen MR) is 55.9 cm³/mol. The van der Waals surface area contributed by atoms with Crippen LogP contribution < -0.4 is 0 Å². The molecule has 0 aromatic carbocycles. The second kappa shape index (κ2) is 3.36. The van der Waals surface area contributed by atoms with Crippen molar-refractivity contribution in [2.45, 2.75) is 51.4 Å². The molecule has 78 valence electrons. The largest absolute Gasteiger partial charge is 0.300 e. The minimum absolute atomic E-state index is 0.544. The van der Waals surface area contributed by atoms with Gasteiger partial charge in [0.25, 0.3) is 0 Å². The lowest BCUT2D eigenvalue weighted by Gasteiger charge is -2.42. The van der Waals surface area contributed by atoms with Gasteiger partial charge in [-0.15, -0.1) is 0 Å². The molecule has 3 saturated carbocycles. The molecule has 0 amide bonds. The van der Waals surface area contributed by atoms with Gasteiger partial charge in [0.1, 0.15) is 5.78 Å². The van der Waals surface area contributed by atoms with Crippen molar-refractivity contribution in [3.63, 3.8) is 0 Å². The maximum atomic E-state index is 11.4. The van der Waals surface area contributed by atoms with Crippen molar-refractivity contribution >= 4 is 5.78 Å². The summed E-state index contributed by atoms with van der Waals surface area (Å²) < 4.78 is 0. The van der Waals surface area contributed by atoms with Gasteiger partial charge in [-0.2, -0.15) is 0 Å². The Kier molecular flexibility index (Phi) is 2.14. The third-order valence-corrected chi connectivity index (χ3v) is 5.03. The van der Waals surface area contributed by atoms with Crippen molar-refractivity contribution in [2.75, 3.05) is 0 Å². The van der Waals surface area contributed by atoms with Crippen LogP contribution in [0.25, 0.3) is 0 Å². The number of Topliss-reactive ketones (excluding diaryl/α,β-unsaturated/α-hetero) is 1. The van der Waals surface area contributed by atoms with Gasteiger partial charge in [-0.05, 0) is 49.4 Å². The Bertz CT molecular complexity index is 246. The van der Waals surface area contributed by atoms with Crippen LogP contribution in [-0.2, 0) is 4.79 Å². The molecule has 3 aliphatic carbocycles. The average Bonchev–Trinajstić information content (AvgIpc) is 2.65. The zero-order valence-corrected chi connectivity index (χ0v) is 8.87. The summed E-state index contributed by atoms with van der Waals surface area (Å²) in [6.45, 7) is 0. The standard InChI is InChI=1S/C13H20O/c14-11-6-7-13-10(8-11)5-4-9-2-1-3-12(9)13/h9-10,12-13H,1-8H2/t9?,10?,12-,13+/m0/s1.